The highest BCUT2D eigenvalue weighted by Crippen LogP contribution is 2.22. The second-order valence-electron chi connectivity index (χ2n) is 6.38. The highest BCUT2D eigenvalue weighted by molar-refractivity contribution is 5.92. The molecule has 0 unspecified atom stereocenters. The third-order valence-corrected chi connectivity index (χ3v) is 3.90. The molecule has 1 heterocycles. The van der Waals surface area contributed by atoms with Gasteiger partial charge in [0.05, 0.1) is 17.8 Å². The van der Waals surface area contributed by atoms with Gasteiger partial charge in [0.2, 0.25) is 11.3 Å². The molecule has 26 heavy (non-hydrogen) atoms. The van der Waals surface area contributed by atoms with Crippen LogP contribution in [-0.4, -0.2) is 21.8 Å². The van der Waals surface area contributed by atoms with Crippen LogP contribution in [0, 0.1) is 6.92 Å². The minimum Gasteiger partial charge on any atom is -0.491 e. The van der Waals surface area contributed by atoms with E-state index in [1.54, 1.807) is 18.2 Å². The molecule has 0 fully saturated rings. The Morgan fingerprint density at radius 1 is 1.23 bits per heavy atom. The van der Waals surface area contributed by atoms with E-state index in [4.69, 9.17) is 4.74 Å². The van der Waals surface area contributed by atoms with Crippen molar-refractivity contribution >= 4 is 22.5 Å². The average molecular weight is 351 g/mol. The lowest BCUT2D eigenvalue weighted by atomic mass is 10.2. The van der Waals surface area contributed by atoms with Crippen molar-refractivity contribution in [2.45, 2.75) is 33.4 Å². The van der Waals surface area contributed by atoms with E-state index in [2.05, 4.69) is 10.4 Å². The first-order valence-electron chi connectivity index (χ1n) is 8.46. The molecule has 2 aromatic carbocycles. The average Bonchev–Trinajstić information content (AvgIpc) is 2.60. The van der Waals surface area contributed by atoms with Crippen LogP contribution in [0.15, 0.2) is 53.5 Å². The van der Waals surface area contributed by atoms with Gasteiger partial charge in [-0.15, -0.1) is 0 Å². The lowest BCUT2D eigenvalue weighted by Gasteiger charge is -2.14. The topological polar surface area (TPSA) is 73.2 Å². The van der Waals surface area contributed by atoms with Gasteiger partial charge in [0.25, 0.3) is 0 Å². The molecule has 0 aliphatic carbocycles. The Morgan fingerprint density at radius 3 is 2.73 bits per heavy atom. The van der Waals surface area contributed by atoms with Gasteiger partial charge in [-0.3, -0.25) is 14.3 Å². The number of hydrogen-bond acceptors (Lipinski definition) is 4. The van der Waals surface area contributed by atoms with E-state index in [-0.39, 0.29) is 24.0 Å². The molecule has 0 atom stereocenters. The molecule has 3 aromatic rings. The molecule has 6 heteroatoms. The van der Waals surface area contributed by atoms with Crippen LogP contribution < -0.4 is 15.5 Å². The quantitative estimate of drug-likeness (QED) is 0.766. The third-order valence-electron chi connectivity index (χ3n) is 3.90. The predicted molar refractivity (Wildman–Crippen MR) is 102 cm³/mol. The number of aromatic nitrogens is 2. The zero-order valence-electron chi connectivity index (χ0n) is 15.0. The number of para-hydroxylation sites is 1. The molecule has 0 spiro atoms. The second kappa shape index (κ2) is 7.39. The molecular formula is C20H21N3O3. The number of carbonyl (C=O) groups excluding carboxylic acids is 1. The van der Waals surface area contributed by atoms with Gasteiger partial charge in [0.15, 0.2) is 0 Å². The minimum absolute atomic E-state index is 0.0183. The van der Waals surface area contributed by atoms with Crippen LogP contribution in [0.3, 0.4) is 0 Å². The lowest BCUT2D eigenvalue weighted by Crippen LogP contribution is -2.22. The molecule has 1 aromatic heterocycles. The van der Waals surface area contributed by atoms with Gasteiger partial charge in [0, 0.05) is 11.1 Å². The number of amides is 1. The molecule has 1 amide bonds. The first-order valence-corrected chi connectivity index (χ1v) is 8.46. The Morgan fingerprint density at radius 2 is 2.00 bits per heavy atom. The number of anilines is 1. The second-order valence-corrected chi connectivity index (χ2v) is 6.38. The van der Waals surface area contributed by atoms with Gasteiger partial charge in [-0.1, -0.05) is 12.1 Å². The van der Waals surface area contributed by atoms with Crippen LogP contribution in [0.5, 0.6) is 5.75 Å². The summed E-state index contributed by atoms with van der Waals surface area (Å²) in [6, 6.07) is 12.7. The van der Waals surface area contributed by atoms with Crippen molar-refractivity contribution < 1.29 is 9.53 Å². The molecule has 0 aliphatic rings. The van der Waals surface area contributed by atoms with Crippen molar-refractivity contribution in [1.82, 2.24) is 9.78 Å². The van der Waals surface area contributed by atoms with Gasteiger partial charge in [0.1, 0.15) is 12.3 Å². The van der Waals surface area contributed by atoms with Gasteiger partial charge in [-0.25, -0.2) is 0 Å². The third kappa shape index (κ3) is 3.91. The van der Waals surface area contributed by atoms with E-state index in [9.17, 15) is 9.59 Å². The van der Waals surface area contributed by atoms with E-state index < -0.39 is 0 Å². The zero-order valence-corrected chi connectivity index (χ0v) is 15.0. The summed E-state index contributed by atoms with van der Waals surface area (Å²) in [5.41, 5.74) is 2.10. The van der Waals surface area contributed by atoms with Crippen LogP contribution in [0.2, 0.25) is 0 Å². The van der Waals surface area contributed by atoms with Crippen molar-refractivity contribution in [3.8, 4) is 5.75 Å². The van der Waals surface area contributed by atoms with Crippen molar-refractivity contribution in [2.75, 3.05) is 5.32 Å². The SMILES string of the molecule is Cc1cc(OC(C)C)ccc1NC(=O)Cn1ncc(=O)c2ccccc21. The molecule has 134 valence electrons. The number of ether oxygens (including phenoxy) is 1. The van der Waals surface area contributed by atoms with Crippen molar-refractivity contribution in [1.29, 1.82) is 0 Å². The molecule has 0 saturated carbocycles. The molecule has 0 saturated heterocycles. The van der Waals surface area contributed by atoms with E-state index in [0.29, 0.717) is 10.9 Å². The molecular weight excluding hydrogens is 330 g/mol. The summed E-state index contributed by atoms with van der Waals surface area (Å²) < 4.78 is 7.18. The number of rotatable bonds is 5. The van der Waals surface area contributed by atoms with Crippen LogP contribution in [0.25, 0.3) is 10.9 Å². The molecule has 1 N–H and O–H groups in total. The normalized spacial score (nSPS) is 10.9. The number of nitrogens with one attached hydrogen (secondary N) is 1. The number of aryl methyl sites for hydroxylation is 1. The van der Waals surface area contributed by atoms with Crippen LogP contribution in [0.4, 0.5) is 5.69 Å². The molecule has 0 aliphatic heterocycles. The standard InChI is InChI=1S/C20H21N3O3/c1-13(2)26-15-8-9-17(14(3)10-15)22-20(25)12-23-18-7-5-4-6-16(18)19(24)11-21-23/h4-11,13H,12H2,1-3H3,(H,22,25). The van der Waals surface area contributed by atoms with Crippen molar-refractivity contribution in [3.63, 3.8) is 0 Å². The van der Waals surface area contributed by atoms with Crippen LogP contribution in [0.1, 0.15) is 19.4 Å². The highest BCUT2D eigenvalue weighted by atomic mass is 16.5. The highest BCUT2D eigenvalue weighted by Gasteiger charge is 2.10. The largest absolute Gasteiger partial charge is 0.491 e. The Hall–Kier alpha value is -3.15. The maximum Gasteiger partial charge on any atom is 0.246 e. The van der Waals surface area contributed by atoms with Gasteiger partial charge in [-0.05, 0) is 56.7 Å². The lowest BCUT2D eigenvalue weighted by molar-refractivity contribution is -0.116. The Bertz CT molecular complexity index is 1010. The fourth-order valence-corrected chi connectivity index (χ4v) is 2.73. The smallest absolute Gasteiger partial charge is 0.246 e. The Kier molecular flexibility index (Phi) is 5.02. The van der Waals surface area contributed by atoms with Crippen LogP contribution >= 0.6 is 0 Å². The van der Waals surface area contributed by atoms with Gasteiger partial charge < -0.3 is 10.1 Å². The molecule has 3 rings (SSSR count). The van der Waals surface area contributed by atoms with E-state index in [1.807, 2.05) is 45.0 Å². The zero-order chi connectivity index (χ0) is 18.7. The Balaban J connectivity index is 1.78. The van der Waals surface area contributed by atoms with Crippen molar-refractivity contribution in [2.24, 2.45) is 0 Å². The predicted octanol–water partition coefficient (Wildman–Crippen LogP) is 3.13. The number of fused-ring (bicyclic) bond motifs is 1. The molecule has 0 radical (unpaired) electrons. The first-order chi connectivity index (χ1) is 12.4. The Labute approximate surface area is 151 Å². The summed E-state index contributed by atoms with van der Waals surface area (Å²) in [6.07, 6.45) is 1.33. The number of carbonyl (C=O) groups is 1. The molecule has 6 nitrogen and oxygen atoms in total. The van der Waals surface area contributed by atoms with E-state index in [1.165, 1.54) is 10.9 Å². The summed E-state index contributed by atoms with van der Waals surface area (Å²) >= 11 is 0. The summed E-state index contributed by atoms with van der Waals surface area (Å²) in [4.78, 5) is 24.3. The van der Waals surface area contributed by atoms with E-state index in [0.717, 1.165) is 17.0 Å². The maximum atomic E-state index is 12.4. The summed E-state index contributed by atoms with van der Waals surface area (Å²) in [5, 5.41) is 7.51. The summed E-state index contributed by atoms with van der Waals surface area (Å²) in [6.45, 7) is 5.86. The summed E-state index contributed by atoms with van der Waals surface area (Å²) in [5.74, 6) is 0.551. The van der Waals surface area contributed by atoms with Crippen LogP contribution in [-0.2, 0) is 11.3 Å². The summed E-state index contributed by atoms with van der Waals surface area (Å²) in [7, 11) is 0. The van der Waals surface area contributed by atoms with Crippen molar-refractivity contribution in [3.05, 3.63) is 64.4 Å². The monoisotopic (exact) mass is 351 g/mol. The first kappa shape index (κ1) is 17.7. The minimum atomic E-state index is -0.216. The fourth-order valence-electron chi connectivity index (χ4n) is 2.73. The maximum absolute atomic E-state index is 12.4. The number of benzene rings is 2. The fraction of sp³-hybridized carbons (Fsp3) is 0.250. The van der Waals surface area contributed by atoms with E-state index >= 15 is 0 Å². The molecule has 0 bridgehead atoms. The number of hydrogen-bond donors (Lipinski definition) is 1. The van der Waals surface area contributed by atoms with Gasteiger partial charge in [-0.2, -0.15) is 5.10 Å². The number of nitrogens with zero attached hydrogens (tertiary/aromatic N) is 2. The van der Waals surface area contributed by atoms with Gasteiger partial charge >= 0.3 is 0 Å².